The summed E-state index contributed by atoms with van der Waals surface area (Å²) < 4.78 is 14.9. The highest BCUT2D eigenvalue weighted by atomic mass is 19.1. The minimum atomic E-state index is -0.202. The minimum Gasteiger partial charge on any atom is -0.316 e. The first-order valence-electron chi connectivity index (χ1n) is 5.15. The van der Waals surface area contributed by atoms with Crippen LogP contribution >= 0.6 is 0 Å². The Morgan fingerprint density at radius 3 is 3.07 bits per heavy atom. The van der Waals surface area contributed by atoms with Crippen molar-refractivity contribution in [3.05, 3.63) is 30.2 Å². The maximum absolute atomic E-state index is 12.9. The third-order valence-electron chi connectivity index (χ3n) is 2.90. The van der Waals surface area contributed by atoms with Gasteiger partial charge in [-0.05, 0) is 18.2 Å². The molecule has 1 aliphatic rings. The lowest BCUT2D eigenvalue weighted by atomic mass is 10.0. The molecule has 0 radical (unpaired) electrons. The normalized spacial score (nSPS) is 16.9. The van der Waals surface area contributed by atoms with E-state index in [2.05, 4.69) is 10.4 Å². The fourth-order valence-electron chi connectivity index (χ4n) is 1.93. The first kappa shape index (κ1) is 8.85. The molecule has 1 aliphatic heterocycles. The molecule has 1 saturated heterocycles. The number of rotatable bonds is 2. The Labute approximate surface area is 86.9 Å². The zero-order valence-electron chi connectivity index (χ0n) is 8.28. The topological polar surface area (TPSA) is 29.9 Å². The predicted molar refractivity (Wildman–Crippen MR) is 56.1 cm³/mol. The van der Waals surface area contributed by atoms with Gasteiger partial charge in [-0.2, -0.15) is 5.10 Å². The average Bonchev–Trinajstić information content (AvgIpc) is 2.54. The van der Waals surface area contributed by atoms with Gasteiger partial charge in [0.05, 0.1) is 11.7 Å². The highest BCUT2D eigenvalue weighted by Crippen LogP contribution is 2.17. The summed E-state index contributed by atoms with van der Waals surface area (Å²) in [5.74, 6) is 0.463. The number of hydrogen-bond donors (Lipinski definition) is 1. The van der Waals surface area contributed by atoms with Crippen LogP contribution in [-0.4, -0.2) is 22.9 Å². The van der Waals surface area contributed by atoms with Gasteiger partial charge in [-0.3, -0.25) is 4.68 Å². The fraction of sp³-hybridized carbons (Fsp3) is 0.364. The van der Waals surface area contributed by atoms with Crippen molar-refractivity contribution < 1.29 is 4.39 Å². The summed E-state index contributed by atoms with van der Waals surface area (Å²) in [5.41, 5.74) is 1.02. The van der Waals surface area contributed by atoms with Gasteiger partial charge in [0.15, 0.2) is 0 Å². The van der Waals surface area contributed by atoms with Crippen LogP contribution in [0.1, 0.15) is 0 Å². The van der Waals surface area contributed by atoms with Gasteiger partial charge in [0.25, 0.3) is 0 Å². The summed E-state index contributed by atoms with van der Waals surface area (Å²) in [7, 11) is 0. The third kappa shape index (κ3) is 1.51. The van der Waals surface area contributed by atoms with E-state index in [4.69, 9.17) is 0 Å². The summed E-state index contributed by atoms with van der Waals surface area (Å²) >= 11 is 0. The molecular formula is C11H12FN3. The largest absolute Gasteiger partial charge is 0.316 e. The molecule has 15 heavy (non-hydrogen) atoms. The molecule has 2 heterocycles. The molecular weight excluding hydrogens is 193 g/mol. The number of hydrogen-bond acceptors (Lipinski definition) is 2. The molecule has 0 unspecified atom stereocenters. The molecule has 0 aliphatic carbocycles. The van der Waals surface area contributed by atoms with E-state index in [9.17, 15) is 4.39 Å². The van der Waals surface area contributed by atoms with Crippen molar-refractivity contribution in [2.45, 2.75) is 6.54 Å². The van der Waals surface area contributed by atoms with Crippen molar-refractivity contribution in [2.75, 3.05) is 13.1 Å². The van der Waals surface area contributed by atoms with Crippen LogP contribution in [0.15, 0.2) is 24.4 Å². The van der Waals surface area contributed by atoms with Crippen LogP contribution in [-0.2, 0) is 6.54 Å². The van der Waals surface area contributed by atoms with Gasteiger partial charge < -0.3 is 5.32 Å². The molecule has 1 fully saturated rings. The minimum absolute atomic E-state index is 0.202. The maximum Gasteiger partial charge on any atom is 0.124 e. The van der Waals surface area contributed by atoms with Crippen LogP contribution in [0.2, 0.25) is 0 Å². The lowest BCUT2D eigenvalue weighted by Gasteiger charge is -2.27. The van der Waals surface area contributed by atoms with Crippen molar-refractivity contribution >= 4 is 10.9 Å². The second kappa shape index (κ2) is 3.31. The Morgan fingerprint density at radius 2 is 2.33 bits per heavy atom. The molecule has 0 bridgehead atoms. The van der Waals surface area contributed by atoms with E-state index < -0.39 is 0 Å². The molecule has 0 atom stereocenters. The summed E-state index contributed by atoms with van der Waals surface area (Å²) in [5, 5.41) is 8.39. The lowest BCUT2D eigenvalue weighted by molar-refractivity contribution is 0.299. The van der Waals surface area contributed by atoms with Gasteiger partial charge >= 0.3 is 0 Å². The van der Waals surface area contributed by atoms with Gasteiger partial charge in [0.2, 0.25) is 0 Å². The van der Waals surface area contributed by atoms with E-state index in [0.717, 1.165) is 30.5 Å². The molecule has 2 aromatic rings. The van der Waals surface area contributed by atoms with Gasteiger partial charge in [-0.15, -0.1) is 0 Å². The summed E-state index contributed by atoms with van der Waals surface area (Å²) in [4.78, 5) is 0. The van der Waals surface area contributed by atoms with Crippen molar-refractivity contribution in [3.63, 3.8) is 0 Å². The fourth-order valence-corrected chi connectivity index (χ4v) is 1.93. The van der Waals surface area contributed by atoms with Crippen molar-refractivity contribution in [1.82, 2.24) is 15.1 Å². The summed E-state index contributed by atoms with van der Waals surface area (Å²) in [6.45, 7) is 3.03. The quantitative estimate of drug-likeness (QED) is 0.803. The number of nitrogens with one attached hydrogen (secondary N) is 1. The van der Waals surface area contributed by atoms with Crippen LogP contribution in [0.4, 0.5) is 4.39 Å². The van der Waals surface area contributed by atoms with E-state index in [0.29, 0.717) is 5.92 Å². The number of benzene rings is 1. The SMILES string of the molecule is Fc1ccc2c(cnn2CC2CNC2)c1. The van der Waals surface area contributed by atoms with Crippen molar-refractivity contribution in [2.24, 2.45) is 5.92 Å². The number of nitrogens with zero attached hydrogens (tertiary/aromatic N) is 2. The molecule has 1 aromatic carbocycles. The second-order valence-electron chi connectivity index (χ2n) is 4.05. The Kier molecular flexibility index (Phi) is 1.95. The van der Waals surface area contributed by atoms with Gasteiger partial charge in [0, 0.05) is 30.9 Å². The number of aromatic nitrogens is 2. The Morgan fingerprint density at radius 1 is 1.47 bits per heavy atom. The lowest BCUT2D eigenvalue weighted by Crippen LogP contribution is -2.44. The zero-order chi connectivity index (χ0) is 10.3. The third-order valence-corrected chi connectivity index (χ3v) is 2.90. The molecule has 1 aromatic heterocycles. The van der Waals surface area contributed by atoms with Crippen LogP contribution in [0.25, 0.3) is 10.9 Å². The molecule has 0 saturated carbocycles. The molecule has 3 nitrogen and oxygen atoms in total. The van der Waals surface area contributed by atoms with E-state index in [1.165, 1.54) is 12.1 Å². The first-order chi connectivity index (χ1) is 7.33. The van der Waals surface area contributed by atoms with Crippen LogP contribution < -0.4 is 5.32 Å². The second-order valence-corrected chi connectivity index (χ2v) is 4.05. The molecule has 78 valence electrons. The predicted octanol–water partition coefficient (Wildman–Crippen LogP) is 1.39. The Balaban J connectivity index is 1.96. The highest BCUT2D eigenvalue weighted by Gasteiger charge is 2.18. The monoisotopic (exact) mass is 205 g/mol. The molecule has 1 N–H and O–H groups in total. The van der Waals surface area contributed by atoms with E-state index in [1.54, 1.807) is 12.3 Å². The van der Waals surface area contributed by atoms with Crippen LogP contribution in [0.5, 0.6) is 0 Å². The standard InChI is InChI=1S/C11H12FN3/c12-10-1-2-11-9(3-10)6-14-15(11)7-8-4-13-5-8/h1-3,6,8,13H,4-5,7H2. The Bertz CT molecular complexity index is 488. The van der Waals surface area contributed by atoms with Gasteiger partial charge in [-0.1, -0.05) is 0 Å². The number of fused-ring (bicyclic) bond motifs is 1. The molecule has 4 heteroatoms. The molecule has 0 spiro atoms. The maximum atomic E-state index is 12.9. The van der Waals surface area contributed by atoms with Gasteiger partial charge in [-0.25, -0.2) is 4.39 Å². The summed E-state index contributed by atoms with van der Waals surface area (Å²) in [6, 6.07) is 4.81. The van der Waals surface area contributed by atoms with Crippen LogP contribution in [0, 0.1) is 11.7 Å². The summed E-state index contributed by atoms with van der Waals surface area (Å²) in [6.07, 6.45) is 1.73. The van der Waals surface area contributed by atoms with E-state index in [-0.39, 0.29) is 5.82 Å². The average molecular weight is 205 g/mol. The molecule has 0 amide bonds. The Hall–Kier alpha value is -1.42. The van der Waals surface area contributed by atoms with Crippen molar-refractivity contribution in [3.8, 4) is 0 Å². The van der Waals surface area contributed by atoms with E-state index in [1.807, 2.05) is 4.68 Å². The van der Waals surface area contributed by atoms with E-state index >= 15 is 0 Å². The molecule has 3 rings (SSSR count). The first-order valence-corrected chi connectivity index (χ1v) is 5.15. The zero-order valence-corrected chi connectivity index (χ0v) is 8.28. The smallest absolute Gasteiger partial charge is 0.124 e. The number of halogens is 1. The van der Waals surface area contributed by atoms with Crippen LogP contribution in [0.3, 0.4) is 0 Å². The van der Waals surface area contributed by atoms with Crippen molar-refractivity contribution in [1.29, 1.82) is 0 Å². The van der Waals surface area contributed by atoms with Gasteiger partial charge in [0.1, 0.15) is 5.82 Å². The highest BCUT2D eigenvalue weighted by molar-refractivity contribution is 5.78.